The molecule has 1 saturated carbocycles. The maximum absolute atomic E-state index is 13.6. The number of benzene rings is 1. The summed E-state index contributed by atoms with van der Waals surface area (Å²) in [5.74, 6) is -2.14. The van der Waals surface area contributed by atoms with Crippen LogP contribution < -0.4 is 5.32 Å². The smallest absolute Gasteiger partial charge is 0.306 e. The molecule has 0 saturated heterocycles. The van der Waals surface area contributed by atoms with Crippen molar-refractivity contribution in [3.8, 4) is 0 Å². The number of rotatable bonds is 3. The molecule has 0 aliphatic heterocycles. The summed E-state index contributed by atoms with van der Waals surface area (Å²) in [6.45, 7) is 0. The molecule has 20 heavy (non-hydrogen) atoms. The summed E-state index contributed by atoms with van der Waals surface area (Å²) in [4.78, 5) is 22.9. The largest absolute Gasteiger partial charge is 0.481 e. The molecule has 1 amide bonds. The molecule has 1 fully saturated rings. The SMILES string of the molecule is O=C(O)C1CCC(C(=O)Nc2ccc(Br)cc2F)CC1. The van der Waals surface area contributed by atoms with Gasteiger partial charge in [0.1, 0.15) is 5.82 Å². The highest BCUT2D eigenvalue weighted by atomic mass is 79.9. The fraction of sp³-hybridized carbons (Fsp3) is 0.429. The third kappa shape index (κ3) is 3.56. The van der Waals surface area contributed by atoms with Gasteiger partial charge < -0.3 is 10.4 Å². The molecule has 0 unspecified atom stereocenters. The molecule has 4 nitrogen and oxygen atoms in total. The molecule has 108 valence electrons. The van der Waals surface area contributed by atoms with E-state index in [-0.39, 0.29) is 23.4 Å². The van der Waals surface area contributed by atoms with Gasteiger partial charge in [-0.25, -0.2) is 4.39 Å². The Morgan fingerprint density at radius 3 is 2.35 bits per heavy atom. The monoisotopic (exact) mass is 343 g/mol. The topological polar surface area (TPSA) is 66.4 Å². The number of amides is 1. The normalized spacial score (nSPS) is 22.3. The van der Waals surface area contributed by atoms with Gasteiger partial charge in [0.05, 0.1) is 11.6 Å². The van der Waals surface area contributed by atoms with Crippen molar-refractivity contribution in [3.63, 3.8) is 0 Å². The Labute approximate surface area is 124 Å². The lowest BCUT2D eigenvalue weighted by Crippen LogP contribution is -2.29. The van der Waals surface area contributed by atoms with E-state index >= 15 is 0 Å². The molecule has 0 bridgehead atoms. The highest BCUT2D eigenvalue weighted by Gasteiger charge is 2.29. The highest BCUT2D eigenvalue weighted by Crippen LogP contribution is 2.30. The van der Waals surface area contributed by atoms with Gasteiger partial charge in [-0.2, -0.15) is 0 Å². The zero-order valence-corrected chi connectivity index (χ0v) is 12.3. The zero-order chi connectivity index (χ0) is 14.7. The standard InChI is InChI=1S/C14H15BrFNO3/c15-10-5-6-12(11(16)7-10)17-13(18)8-1-3-9(4-2-8)14(19)20/h5-9H,1-4H2,(H,17,18)(H,19,20). The van der Waals surface area contributed by atoms with Gasteiger partial charge in [-0.1, -0.05) is 15.9 Å². The Hall–Kier alpha value is -1.43. The van der Waals surface area contributed by atoms with Crippen molar-refractivity contribution in [1.29, 1.82) is 0 Å². The zero-order valence-electron chi connectivity index (χ0n) is 10.7. The molecule has 0 atom stereocenters. The maximum atomic E-state index is 13.6. The van der Waals surface area contributed by atoms with Gasteiger partial charge in [0.2, 0.25) is 5.91 Å². The number of hydrogen-bond donors (Lipinski definition) is 2. The number of aliphatic carboxylic acids is 1. The minimum atomic E-state index is -0.803. The van der Waals surface area contributed by atoms with E-state index < -0.39 is 11.8 Å². The number of carboxylic acid groups (broad SMARTS) is 1. The molecule has 0 spiro atoms. The van der Waals surface area contributed by atoms with Crippen LogP contribution in [-0.2, 0) is 9.59 Å². The average Bonchev–Trinajstić information content (AvgIpc) is 2.42. The predicted octanol–water partition coefficient (Wildman–Crippen LogP) is 3.42. The Morgan fingerprint density at radius 2 is 1.80 bits per heavy atom. The van der Waals surface area contributed by atoms with E-state index in [0.29, 0.717) is 30.2 Å². The lowest BCUT2D eigenvalue weighted by molar-refractivity contribution is -0.143. The van der Waals surface area contributed by atoms with Gasteiger partial charge in [-0.3, -0.25) is 9.59 Å². The van der Waals surface area contributed by atoms with Crippen LogP contribution in [0.1, 0.15) is 25.7 Å². The van der Waals surface area contributed by atoms with Crippen molar-refractivity contribution >= 4 is 33.5 Å². The molecular weight excluding hydrogens is 329 g/mol. The van der Waals surface area contributed by atoms with Gasteiger partial charge in [-0.05, 0) is 43.9 Å². The van der Waals surface area contributed by atoms with Gasteiger partial charge >= 0.3 is 5.97 Å². The molecular formula is C14H15BrFNO3. The number of carbonyl (C=O) groups excluding carboxylic acids is 1. The Balaban J connectivity index is 1.94. The summed E-state index contributed by atoms with van der Waals surface area (Å²) < 4.78 is 14.2. The second-order valence-electron chi connectivity index (χ2n) is 5.00. The first kappa shape index (κ1) is 15.0. The molecule has 1 aliphatic carbocycles. The highest BCUT2D eigenvalue weighted by molar-refractivity contribution is 9.10. The Morgan fingerprint density at radius 1 is 1.20 bits per heavy atom. The maximum Gasteiger partial charge on any atom is 0.306 e. The predicted molar refractivity (Wildman–Crippen MR) is 75.8 cm³/mol. The van der Waals surface area contributed by atoms with Crippen LogP contribution in [0.25, 0.3) is 0 Å². The number of carbonyl (C=O) groups is 2. The van der Waals surface area contributed by atoms with E-state index in [9.17, 15) is 14.0 Å². The minimum Gasteiger partial charge on any atom is -0.481 e. The van der Waals surface area contributed by atoms with Gasteiger partial charge in [0.15, 0.2) is 0 Å². The molecule has 2 rings (SSSR count). The van der Waals surface area contributed by atoms with E-state index in [1.165, 1.54) is 12.1 Å². The molecule has 0 radical (unpaired) electrons. The van der Waals surface area contributed by atoms with Crippen molar-refractivity contribution in [2.75, 3.05) is 5.32 Å². The summed E-state index contributed by atoms with van der Waals surface area (Å²) in [7, 11) is 0. The van der Waals surface area contributed by atoms with Crippen LogP contribution in [0.2, 0.25) is 0 Å². The van der Waals surface area contributed by atoms with Crippen LogP contribution in [0.3, 0.4) is 0 Å². The fourth-order valence-electron chi connectivity index (χ4n) is 2.43. The van der Waals surface area contributed by atoms with Crippen molar-refractivity contribution < 1.29 is 19.1 Å². The summed E-state index contributed by atoms with van der Waals surface area (Å²) >= 11 is 3.15. The summed E-state index contributed by atoms with van der Waals surface area (Å²) in [6, 6.07) is 4.44. The first-order valence-electron chi connectivity index (χ1n) is 6.46. The van der Waals surface area contributed by atoms with Crippen LogP contribution >= 0.6 is 15.9 Å². The van der Waals surface area contributed by atoms with Gasteiger partial charge in [0.25, 0.3) is 0 Å². The quantitative estimate of drug-likeness (QED) is 0.883. The first-order valence-corrected chi connectivity index (χ1v) is 7.25. The van der Waals surface area contributed by atoms with Crippen molar-refractivity contribution in [1.82, 2.24) is 0 Å². The van der Waals surface area contributed by atoms with Crippen molar-refractivity contribution in [2.24, 2.45) is 11.8 Å². The van der Waals surface area contributed by atoms with Crippen LogP contribution in [-0.4, -0.2) is 17.0 Å². The summed E-state index contributed by atoms with van der Waals surface area (Å²) in [6.07, 6.45) is 2.05. The van der Waals surface area contributed by atoms with Crippen molar-refractivity contribution in [3.05, 3.63) is 28.5 Å². The van der Waals surface area contributed by atoms with E-state index in [1.54, 1.807) is 6.07 Å². The van der Waals surface area contributed by atoms with Gasteiger partial charge in [-0.15, -0.1) is 0 Å². The lowest BCUT2D eigenvalue weighted by atomic mass is 9.81. The number of nitrogens with one attached hydrogen (secondary N) is 1. The molecule has 0 aromatic heterocycles. The average molecular weight is 344 g/mol. The van der Waals surface area contributed by atoms with Crippen LogP contribution in [0.4, 0.5) is 10.1 Å². The van der Waals surface area contributed by atoms with Crippen LogP contribution in [0, 0.1) is 17.7 Å². The van der Waals surface area contributed by atoms with E-state index in [2.05, 4.69) is 21.2 Å². The van der Waals surface area contributed by atoms with Gasteiger partial charge in [0, 0.05) is 10.4 Å². The first-order chi connectivity index (χ1) is 9.47. The minimum absolute atomic E-state index is 0.151. The molecule has 1 aliphatic rings. The number of halogens is 2. The van der Waals surface area contributed by atoms with Crippen molar-refractivity contribution in [2.45, 2.75) is 25.7 Å². The van der Waals surface area contributed by atoms with E-state index in [1.807, 2.05) is 0 Å². The summed E-state index contributed by atoms with van der Waals surface area (Å²) in [5.41, 5.74) is 0.151. The molecule has 0 heterocycles. The molecule has 1 aromatic carbocycles. The third-order valence-corrected chi connectivity index (χ3v) is 4.13. The van der Waals surface area contributed by atoms with Crippen LogP contribution in [0.5, 0.6) is 0 Å². The molecule has 1 aromatic rings. The number of anilines is 1. The van der Waals surface area contributed by atoms with E-state index in [0.717, 1.165) is 0 Å². The molecule has 2 N–H and O–H groups in total. The lowest BCUT2D eigenvalue weighted by Gasteiger charge is -2.25. The number of carboxylic acids is 1. The summed E-state index contributed by atoms with van der Waals surface area (Å²) in [5, 5.41) is 11.5. The fourth-order valence-corrected chi connectivity index (χ4v) is 2.76. The number of hydrogen-bond acceptors (Lipinski definition) is 2. The Kier molecular flexibility index (Phi) is 4.75. The second-order valence-corrected chi connectivity index (χ2v) is 5.92. The second kappa shape index (κ2) is 6.35. The van der Waals surface area contributed by atoms with Crippen LogP contribution in [0.15, 0.2) is 22.7 Å². The Bertz CT molecular complexity index is 527. The third-order valence-electron chi connectivity index (χ3n) is 3.64. The van der Waals surface area contributed by atoms with E-state index in [4.69, 9.17) is 5.11 Å². The molecule has 6 heteroatoms.